The third-order valence-electron chi connectivity index (χ3n) is 9.39. The number of aliphatic hydroxyl groups is 2. The molecule has 0 saturated heterocycles. The Hall–Kier alpha value is -2.59. The fourth-order valence-corrected chi connectivity index (χ4v) is 6.69. The number of allylic oxidation sites excluding steroid dienone is 12. The highest BCUT2D eigenvalue weighted by atomic mass is 31.2. The highest BCUT2D eigenvalue weighted by molar-refractivity contribution is 7.47. The number of phosphoric ester groups is 1. The molecule has 3 N–H and O–H groups in total. The molecule has 0 fully saturated rings. The molecule has 0 aromatic heterocycles. The second-order valence-electron chi connectivity index (χ2n) is 15.1. The van der Waals surface area contributed by atoms with E-state index in [1.54, 1.807) is 0 Å². The zero-order valence-corrected chi connectivity index (χ0v) is 37.8. The van der Waals surface area contributed by atoms with Crippen molar-refractivity contribution in [2.45, 2.75) is 193 Å². The van der Waals surface area contributed by atoms with E-state index >= 15 is 0 Å². The Morgan fingerprint density at radius 2 is 0.932 bits per heavy atom. The van der Waals surface area contributed by atoms with Gasteiger partial charge in [0, 0.05) is 12.8 Å². The van der Waals surface area contributed by atoms with Crippen molar-refractivity contribution in [2.24, 2.45) is 0 Å². The number of carbonyl (C=O) groups excluding carboxylic acids is 2. The minimum Gasteiger partial charge on any atom is -0.462 e. The lowest BCUT2D eigenvalue weighted by atomic mass is 10.0. The van der Waals surface area contributed by atoms with E-state index < -0.39 is 51.8 Å². The predicted molar refractivity (Wildman–Crippen MR) is 242 cm³/mol. The summed E-state index contributed by atoms with van der Waals surface area (Å²) < 4.78 is 32.7. The van der Waals surface area contributed by atoms with Gasteiger partial charge < -0.3 is 24.6 Å². The number of rotatable bonds is 42. The molecule has 0 aliphatic carbocycles. The Labute approximate surface area is 358 Å². The molecule has 0 rings (SSSR count). The van der Waals surface area contributed by atoms with E-state index in [9.17, 15) is 24.2 Å². The largest absolute Gasteiger partial charge is 0.472 e. The molecule has 0 aliphatic heterocycles. The monoisotopic (exact) mass is 851 g/mol. The molecule has 0 aromatic carbocycles. The number of phosphoric acid groups is 1. The highest BCUT2D eigenvalue weighted by Gasteiger charge is 2.27. The molecule has 340 valence electrons. The average Bonchev–Trinajstić information content (AvgIpc) is 3.22. The summed E-state index contributed by atoms with van der Waals surface area (Å²) >= 11 is 0. The first-order valence-corrected chi connectivity index (χ1v) is 24.4. The van der Waals surface area contributed by atoms with Crippen LogP contribution < -0.4 is 0 Å². The van der Waals surface area contributed by atoms with Crippen molar-refractivity contribution in [1.29, 1.82) is 0 Å². The third-order valence-corrected chi connectivity index (χ3v) is 10.3. The zero-order chi connectivity index (χ0) is 43.3. The van der Waals surface area contributed by atoms with Crippen molar-refractivity contribution in [3.8, 4) is 0 Å². The van der Waals surface area contributed by atoms with Crippen LogP contribution in [0.4, 0.5) is 0 Å². The molecule has 10 nitrogen and oxygen atoms in total. The zero-order valence-electron chi connectivity index (χ0n) is 36.9. The molecular formula is C48H83O10P. The summed E-state index contributed by atoms with van der Waals surface area (Å²) in [5, 5.41) is 18.3. The summed E-state index contributed by atoms with van der Waals surface area (Å²) in [6.45, 7) is 2.19. The first-order chi connectivity index (χ1) is 28.7. The summed E-state index contributed by atoms with van der Waals surface area (Å²) in [7, 11) is -4.64. The van der Waals surface area contributed by atoms with Crippen molar-refractivity contribution < 1.29 is 47.8 Å². The highest BCUT2D eigenvalue weighted by Crippen LogP contribution is 2.43. The second kappa shape index (κ2) is 43.5. The average molecular weight is 851 g/mol. The lowest BCUT2D eigenvalue weighted by Crippen LogP contribution is -2.29. The molecule has 0 heterocycles. The molecule has 0 spiro atoms. The fraction of sp³-hybridized carbons (Fsp3) is 0.708. The number of hydrogen-bond donors (Lipinski definition) is 3. The first-order valence-electron chi connectivity index (χ1n) is 22.9. The van der Waals surface area contributed by atoms with Gasteiger partial charge in [0.05, 0.1) is 19.8 Å². The van der Waals surface area contributed by atoms with Gasteiger partial charge in [0.1, 0.15) is 12.7 Å². The Morgan fingerprint density at radius 3 is 1.37 bits per heavy atom. The van der Waals surface area contributed by atoms with Crippen LogP contribution in [0.15, 0.2) is 72.9 Å². The minimum atomic E-state index is -4.64. The summed E-state index contributed by atoms with van der Waals surface area (Å²) in [4.78, 5) is 35.0. The third kappa shape index (κ3) is 43.3. The van der Waals surface area contributed by atoms with Crippen molar-refractivity contribution in [3.63, 3.8) is 0 Å². The maximum absolute atomic E-state index is 12.6. The van der Waals surface area contributed by atoms with Gasteiger partial charge in [0.15, 0.2) is 6.10 Å². The number of aliphatic hydroxyl groups excluding tert-OH is 2. The second-order valence-corrected chi connectivity index (χ2v) is 16.5. The van der Waals surface area contributed by atoms with Gasteiger partial charge in [-0.15, -0.1) is 0 Å². The van der Waals surface area contributed by atoms with Crippen LogP contribution in [0, 0.1) is 0 Å². The van der Waals surface area contributed by atoms with Gasteiger partial charge in [-0.3, -0.25) is 18.6 Å². The SMILES string of the molecule is CC/C=C\C/C=C\C/C=C\C/C=C\C/C=C\C/C=C\CCC(=O)O[C@H](COC(=O)CCCCCCCCCCCCCCCCCCC)COP(=O)(O)OC[C@@H](O)CO. The van der Waals surface area contributed by atoms with Gasteiger partial charge >= 0.3 is 19.8 Å². The molecule has 0 aliphatic rings. The van der Waals surface area contributed by atoms with E-state index in [4.69, 9.17) is 19.1 Å². The van der Waals surface area contributed by atoms with Gasteiger partial charge in [-0.1, -0.05) is 189 Å². The Bertz CT molecular complexity index is 1210. The van der Waals surface area contributed by atoms with Gasteiger partial charge in [0.25, 0.3) is 0 Å². The molecule has 0 saturated carbocycles. The summed E-state index contributed by atoms with van der Waals surface area (Å²) in [5.41, 5.74) is 0. The topological polar surface area (TPSA) is 149 Å². The molecule has 0 bridgehead atoms. The predicted octanol–water partition coefficient (Wildman–Crippen LogP) is 12.4. The standard InChI is InChI=1S/C48H83O10P/c1-3-5-7-9-11-13-15-17-19-21-22-24-26-28-30-32-34-36-38-40-48(52)58-46(44-57-59(53,54)56-42-45(50)41-49)43-55-47(51)39-37-35-33-31-29-27-25-23-20-18-16-14-12-10-8-6-4-2/h5,7,11,13,17,19,22,24,28,30,34,36,45-46,49-50H,3-4,6,8-10,12,14-16,18,20-21,23,25-27,29,31-33,35,37-44H2,1-2H3,(H,53,54)/b7-5-,13-11-,19-17-,24-22-,30-28-,36-34-/t45-,46+/m0/s1. The van der Waals surface area contributed by atoms with Crippen molar-refractivity contribution in [2.75, 3.05) is 26.4 Å². The van der Waals surface area contributed by atoms with Gasteiger partial charge in [-0.25, -0.2) is 4.57 Å². The van der Waals surface area contributed by atoms with Crippen molar-refractivity contribution in [1.82, 2.24) is 0 Å². The number of unbranched alkanes of at least 4 members (excludes halogenated alkanes) is 16. The lowest BCUT2D eigenvalue weighted by molar-refractivity contribution is -0.161. The molecule has 3 atom stereocenters. The number of esters is 2. The van der Waals surface area contributed by atoms with Crippen LogP contribution in [0.3, 0.4) is 0 Å². The van der Waals surface area contributed by atoms with Crippen molar-refractivity contribution >= 4 is 19.8 Å². The van der Waals surface area contributed by atoms with E-state index in [-0.39, 0.29) is 19.4 Å². The van der Waals surface area contributed by atoms with Crippen LogP contribution in [0.1, 0.15) is 181 Å². The van der Waals surface area contributed by atoms with E-state index in [1.165, 1.54) is 83.5 Å². The van der Waals surface area contributed by atoms with Crippen LogP contribution in [0.25, 0.3) is 0 Å². The fourth-order valence-electron chi connectivity index (χ4n) is 5.90. The van der Waals surface area contributed by atoms with Crippen LogP contribution in [0.2, 0.25) is 0 Å². The Kier molecular flexibility index (Phi) is 41.6. The molecule has 0 amide bonds. The summed E-state index contributed by atoms with van der Waals surface area (Å²) in [6.07, 6.45) is 50.2. The van der Waals surface area contributed by atoms with Gasteiger partial charge in [0.2, 0.25) is 0 Å². The number of ether oxygens (including phenoxy) is 2. The summed E-state index contributed by atoms with van der Waals surface area (Å²) in [5.74, 6) is -1.02. The lowest BCUT2D eigenvalue weighted by Gasteiger charge is -2.20. The van der Waals surface area contributed by atoms with Crippen molar-refractivity contribution in [3.05, 3.63) is 72.9 Å². The Morgan fingerprint density at radius 1 is 0.525 bits per heavy atom. The van der Waals surface area contributed by atoms with Crippen LogP contribution >= 0.6 is 7.82 Å². The maximum Gasteiger partial charge on any atom is 0.472 e. The van der Waals surface area contributed by atoms with Crippen LogP contribution in [0.5, 0.6) is 0 Å². The minimum absolute atomic E-state index is 0.0574. The van der Waals surface area contributed by atoms with E-state index in [0.717, 1.165) is 57.8 Å². The molecule has 59 heavy (non-hydrogen) atoms. The molecule has 1 unspecified atom stereocenters. The molecule has 0 radical (unpaired) electrons. The summed E-state index contributed by atoms with van der Waals surface area (Å²) in [6, 6.07) is 0. The van der Waals surface area contributed by atoms with E-state index in [1.807, 2.05) is 12.2 Å². The first kappa shape index (κ1) is 56.4. The molecule has 0 aromatic rings. The quantitative estimate of drug-likeness (QED) is 0.0234. The van der Waals surface area contributed by atoms with Crippen LogP contribution in [-0.4, -0.2) is 65.7 Å². The van der Waals surface area contributed by atoms with Gasteiger partial charge in [-0.05, 0) is 51.4 Å². The van der Waals surface area contributed by atoms with E-state index in [2.05, 4.69) is 79.1 Å². The van der Waals surface area contributed by atoms with E-state index in [0.29, 0.717) is 12.8 Å². The van der Waals surface area contributed by atoms with Gasteiger partial charge in [-0.2, -0.15) is 0 Å². The molecule has 11 heteroatoms. The maximum atomic E-state index is 12.6. The van der Waals surface area contributed by atoms with Crippen LogP contribution in [-0.2, 0) is 32.7 Å². The Balaban J connectivity index is 4.38. The normalized spacial score (nSPS) is 14.5. The molecular weight excluding hydrogens is 767 g/mol. The smallest absolute Gasteiger partial charge is 0.462 e. The number of carbonyl (C=O) groups is 2. The number of hydrogen-bond acceptors (Lipinski definition) is 9.